The summed E-state index contributed by atoms with van der Waals surface area (Å²) in [6.45, 7) is 1.25. The van der Waals surface area contributed by atoms with Crippen LogP contribution in [-0.2, 0) is 4.79 Å². The molecule has 3 aromatic rings. The molecule has 0 unspecified atom stereocenters. The van der Waals surface area contributed by atoms with Crippen LogP contribution in [0.15, 0.2) is 65.6 Å². The number of fused-ring (bicyclic) bond motifs is 1. The first kappa shape index (κ1) is 17.8. The predicted molar refractivity (Wildman–Crippen MR) is 104 cm³/mol. The number of hydrogen-bond acceptors (Lipinski definition) is 4. The van der Waals surface area contributed by atoms with Crippen LogP contribution in [0.4, 0.5) is 4.39 Å². The quantitative estimate of drug-likeness (QED) is 0.622. The molecule has 0 aliphatic carbocycles. The Bertz CT molecular complexity index is 948. The van der Waals surface area contributed by atoms with Crippen molar-refractivity contribution >= 4 is 28.6 Å². The Morgan fingerprint density at radius 1 is 1.15 bits per heavy atom. The molecule has 4 rings (SSSR count). The van der Waals surface area contributed by atoms with E-state index in [2.05, 4.69) is 4.98 Å². The standard InChI is InChI=1S/C21H19FN2O2S/c22-16-6-8-18(9-7-16)27-14-21(25)24-12-11-17(13-24)26-20-10-5-15-3-1-2-4-19(15)23-20/h1-10,17H,11-14H2/t17-/m1/s1. The molecule has 27 heavy (non-hydrogen) atoms. The molecule has 1 amide bonds. The lowest BCUT2D eigenvalue weighted by atomic mass is 10.2. The summed E-state index contributed by atoms with van der Waals surface area (Å²) in [4.78, 5) is 19.7. The first-order valence-electron chi connectivity index (χ1n) is 8.86. The molecular weight excluding hydrogens is 363 g/mol. The van der Waals surface area contributed by atoms with Crippen molar-refractivity contribution in [2.24, 2.45) is 0 Å². The van der Waals surface area contributed by atoms with Gasteiger partial charge in [0.15, 0.2) is 0 Å². The molecule has 1 saturated heterocycles. The number of aromatic nitrogens is 1. The maximum atomic E-state index is 12.9. The van der Waals surface area contributed by atoms with Crippen molar-refractivity contribution in [3.8, 4) is 5.88 Å². The number of nitrogens with zero attached hydrogens (tertiary/aromatic N) is 2. The molecule has 0 N–H and O–H groups in total. The van der Waals surface area contributed by atoms with E-state index in [4.69, 9.17) is 4.74 Å². The number of amides is 1. The molecule has 0 spiro atoms. The lowest BCUT2D eigenvalue weighted by Gasteiger charge is -2.17. The molecule has 138 valence electrons. The summed E-state index contributed by atoms with van der Waals surface area (Å²) in [6.07, 6.45) is 0.750. The fourth-order valence-corrected chi connectivity index (χ4v) is 3.90. The van der Waals surface area contributed by atoms with Crippen LogP contribution in [0, 0.1) is 5.82 Å². The second kappa shape index (κ2) is 7.96. The van der Waals surface area contributed by atoms with Gasteiger partial charge < -0.3 is 9.64 Å². The molecule has 0 bridgehead atoms. The molecule has 1 fully saturated rings. The monoisotopic (exact) mass is 382 g/mol. The Kier molecular flexibility index (Phi) is 5.25. The average molecular weight is 382 g/mol. The smallest absolute Gasteiger partial charge is 0.233 e. The molecule has 2 heterocycles. The molecule has 0 radical (unpaired) electrons. The van der Waals surface area contributed by atoms with E-state index in [0.29, 0.717) is 24.7 Å². The van der Waals surface area contributed by atoms with Crippen molar-refractivity contribution in [3.05, 3.63) is 66.5 Å². The molecule has 2 aromatic carbocycles. The van der Waals surface area contributed by atoms with E-state index in [9.17, 15) is 9.18 Å². The van der Waals surface area contributed by atoms with E-state index < -0.39 is 0 Å². The minimum Gasteiger partial charge on any atom is -0.472 e. The number of benzene rings is 2. The van der Waals surface area contributed by atoms with Crippen molar-refractivity contribution in [2.45, 2.75) is 17.4 Å². The molecule has 6 heteroatoms. The Labute approximate surface area is 161 Å². The van der Waals surface area contributed by atoms with Crippen LogP contribution in [0.2, 0.25) is 0 Å². The summed E-state index contributed by atoms with van der Waals surface area (Å²) in [7, 11) is 0. The molecule has 0 saturated carbocycles. The van der Waals surface area contributed by atoms with E-state index in [0.717, 1.165) is 22.2 Å². The van der Waals surface area contributed by atoms with Crippen molar-refractivity contribution in [1.29, 1.82) is 0 Å². The van der Waals surface area contributed by atoms with Crippen molar-refractivity contribution in [3.63, 3.8) is 0 Å². The van der Waals surface area contributed by atoms with Crippen LogP contribution >= 0.6 is 11.8 Å². The maximum absolute atomic E-state index is 12.9. The fraction of sp³-hybridized carbons (Fsp3) is 0.238. The van der Waals surface area contributed by atoms with E-state index in [1.807, 2.05) is 41.3 Å². The van der Waals surface area contributed by atoms with E-state index in [1.165, 1.54) is 23.9 Å². The number of halogens is 1. The van der Waals surface area contributed by atoms with E-state index in [1.54, 1.807) is 12.1 Å². The fourth-order valence-electron chi connectivity index (χ4n) is 3.10. The number of para-hydroxylation sites is 1. The van der Waals surface area contributed by atoms with E-state index >= 15 is 0 Å². The summed E-state index contributed by atoms with van der Waals surface area (Å²) >= 11 is 1.42. The third-order valence-corrected chi connectivity index (χ3v) is 5.53. The lowest BCUT2D eigenvalue weighted by Crippen LogP contribution is -2.32. The van der Waals surface area contributed by atoms with Gasteiger partial charge in [0.05, 0.1) is 17.8 Å². The van der Waals surface area contributed by atoms with Gasteiger partial charge in [-0.1, -0.05) is 18.2 Å². The highest BCUT2D eigenvalue weighted by Crippen LogP contribution is 2.22. The third-order valence-electron chi connectivity index (χ3n) is 4.53. The number of pyridine rings is 1. The zero-order valence-corrected chi connectivity index (χ0v) is 15.5. The second-order valence-electron chi connectivity index (χ2n) is 6.45. The summed E-state index contributed by atoms with van der Waals surface area (Å²) in [6, 6.07) is 18.0. The van der Waals surface area contributed by atoms with Gasteiger partial charge in [0, 0.05) is 29.3 Å². The van der Waals surface area contributed by atoms with Gasteiger partial charge in [-0.15, -0.1) is 11.8 Å². The van der Waals surface area contributed by atoms with Gasteiger partial charge in [-0.25, -0.2) is 9.37 Å². The van der Waals surface area contributed by atoms with Gasteiger partial charge in [0.25, 0.3) is 0 Å². The Hall–Kier alpha value is -2.60. The molecule has 1 aromatic heterocycles. The highest BCUT2D eigenvalue weighted by atomic mass is 32.2. The van der Waals surface area contributed by atoms with Crippen LogP contribution in [0.1, 0.15) is 6.42 Å². The predicted octanol–water partition coefficient (Wildman–Crippen LogP) is 4.15. The van der Waals surface area contributed by atoms with Crippen LogP contribution in [0.3, 0.4) is 0 Å². The molecule has 1 aliphatic rings. The first-order valence-corrected chi connectivity index (χ1v) is 9.84. The first-order chi connectivity index (χ1) is 13.2. The SMILES string of the molecule is O=C(CSc1ccc(F)cc1)N1CC[C@@H](Oc2ccc3ccccc3n2)C1. The number of carbonyl (C=O) groups excluding carboxylic acids is 1. The molecule has 4 nitrogen and oxygen atoms in total. The second-order valence-corrected chi connectivity index (χ2v) is 7.50. The number of carbonyl (C=O) groups is 1. The largest absolute Gasteiger partial charge is 0.472 e. The number of rotatable bonds is 5. The highest BCUT2D eigenvalue weighted by Gasteiger charge is 2.27. The minimum absolute atomic E-state index is 0.0431. The van der Waals surface area contributed by atoms with E-state index in [-0.39, 0.29) is 17.8 Å². The summed E-state index contributed by atoms with van der Waals surface area (Å²) in [5.74, 6) is 0.732. The van der Waals surface area contributed by atoms with Crippen LogP contribution < -0.4 is 4.74 Å². The number of ether oxygens (including phenoxy) is 1. The van der Waals surface area contributed by atoms with Crippen LogP contribution in [0.5, 0.6) is 5.88 Å². The highest BCUT2D eigenvalue weighted by molar-refractivity contribution is 8.00. The molecular formula is C21H19FN2O2S. The van der Waals surface area contributed by atoms with Gasteiger partial charge in [0.2, 0.25) is 11.8 Å². The third kappa shape index (κ3) is 4.39. The number of thioether (sulfide) groups is 1. The number of likely N-dealkylation sites (tertiary alicyclic amines) is 1. The zero-order valence-electron chi connectivity index (χ0n) is 14.7. The average Bonchev–Trinajstić information content (AvgIpc) is 3.16. The molecule has 1 atom stereocenters. The van der Waals surface area contributed by atoms with Crippen molar-refractivity contribution < 1.29 is 13.9 Å². The summed E-state index contributed by atoms with van der Waals surface area (Å²) in [5, 5.41) is 1.07. The lowest BCUT2D eigenvalue weighted by molar-refractivity contribution is -0.127. The minimum atomic E-state index is -0.271. The maximum Gasteiger partial charge on any atom is 0.233 e. The topological polar surface area (TPSA) is 42.4 Å². The molecule has 1 aliphatic heterocycles. The Morgan fingerprint density at radius 3 is 2.81 bits per heavy atom. The van der Waals surface area contributed by atoms with Crippen molar-refractivity contribution in [2.75, 3.05) is 18.8 Å². The Balaban J connectivity index is 1.31. The van der Waals surface area contributed by atoms with Crippen LogP contribution in [-0.4, -0.2) is 40.7 Å². The van der Waals surface area contributed by atoms with Crippen molar-refractivity contribution in [1.82, 2.24) is 9.88 Å². The normalized spacial score (nSPS) is 16.6. The van der Waals surface area contributed by atoms with Gasteiger partial charge in [-0.3, -0.25) is 4.79 Å². The number of hydrogen-bond donors (Lipinski definition) is 0. The zero-order chi connectivity index (χ0) is 18.6. The van der Waals surface area contributed by atoms with Gasteiger partial charge >= 0.3 is 0 Å². The summed E-state index contributed by atoms with van der Waals surface area (Å²) in [5.41, 5.74) is 0.900. The van der Waals surface area contributed by atoms with Gasteiger partial charge in [0.1, 0.15) is 11.9 Å². The summed E-state index contributed by atoms with van der Waals surface area (Å²) < 4.78 is 18.9. The Morgan fingerprint density at radius 2 is 1.96 bits per heavy atom. The van der Waals surface area contributed by atoms with Gasteiger partial charge in [-0.2, -0.15) is 0 Å². The van der Waals surface area contributed by atoms with Gasteiger partial charge in [-0.05, 0) is 36.4 Å². The van der Waals surface area contributed by atoms with Crippen LogP contribution in [0.25, 0.3) is 10.9 Å².